The van der Waals surface area contributed by atoms with Crippen molar-refractivity contribution in [1.82, 2.24) is 24.1 Å². The number of fused-ring (bicyclic) bond motifs is 6. The van der Waals surface area contributed by atoms with Crippen molar-refractivity contribution in [2.24, 2.45) is 0 Å². The summed E-state index contributed by atoms with van der Waals surface area (Å²) in [4.78, 5) is 15.7. The first-order valence-electron chi connectivity index (χ1n) is 20.9. The van der Waals surface area contributed by atoms with Crippen LogP contribution in [0.25, 0.3) is 100 Å². The summed E-state index contributed by atoms with van der Waals surface area (Å²) in [7, 11) is 0. The molecule has 0 aliphatic carbocycles. The standard InChI is InChI=1S/C51H33N5.2C2H6/c1-5-17-34(18-6-1)38-29-30-46-42(31-38)43-32-39(35-19-7-2-8-20-35)33-47(55-44-27-15-13-25-40(44)41-26-14-16-28-45(41)55)48(43)56(46)51-53-49(36-21-9-3-10-22-36)52-50(54-51)37-23-11-4-12-24-37;2*1-2/h1-33H;2*1-2H3. The average Bonchev–Trinajstić information content (AvgIpc) is 3.86. The molecule has 0 radical (unpaired) electrons. The molecule has 60 heavy (non-hydrogen) atoms. The molecular formula is C55H45N5. The molecule has 5 nitrogen and oxygen atoms in total. The number of rotatable bonds is 6. The molecule has 11 rings (SSSR count). The monoisotopic (exact) mass is 775 g/mol. The fourth-order valence-electron chi connectivity index (χ4n) is 8.19. The van der Waals surface area contributed by atoms with Gasteiger partial charge in [-0.2, -0.15) is 9.97 Å². The van der Waals surface area contributed by atoms with Gasteiger partial charge in [-0.15, -0.1) is 0 Å². The van der Waals surface area contributed by atoms with Crippen molar-refractivity contribution in [3.05, 3.63) is 200 Å². The Labute approximate surface area is 350 Å². The van der Waals surface area contributed by atoms with E-state index in [1.54, 1.807) is 0 Å². The summed E-state index contributed by atoms with van der Waals surface area (Å²) >= 11 is 0. The molecule has 0 N–H and O–H groups in total. The fourth-order valence-corrected chi connectivity index (χ4v) is 8.19. The molecule has 0 bridgehead atoms. The highest BCUT2D eigenvalue weighted by atomic mass is 15.2. The minimum absolute atomic E-state index is 0.555. The van der Waals surface area contributed by atoms with Gasteiger partial charge in [0.15, 0.2) is 11.6 Å². The molecule has 11 aromatic rings. The predicted octanol–water partition coefficient (Wildman–Crippen LogP) is 14.8. The second kappa shape index (κ2) is 16.7. The first-order chi connectivity index (χ1) is 29.8. The minimum Gasteiger partial charge on any atom is -0.307 e. The maximum absolute atomic E-state index is 5.31. The van der Waals surface area contributed by atoms with Crippen LogP contribution in [0.2, 0.25) is 0 Å². The number of aromatic nitrogens is 5. The van der Waals surface area contributed by atoms with Crippen LogP contribution in [0, 0.1) is 0 Å². The van der Waals surface area contributed by atoms with Crippen LogP contribution in [-0.2, 0) is 0 Å². The third kappa shape index (κ3) is 6.70. The van der Waals surface area contributed by atoms with Crippen molar-refractivity contribution in [1.29, 1.82) is 0 Å². The van der Waals surface area contributed by atoms with E-state index in [9.17, 15) is 0 Å². The molecule has 0 atom stereocenters. The van der Waals surface area contributed by atoms with Gasteiger partial charge in [-0.3, -0.25) is 4.57 Å². The van der Waals surface area contributed by atoms with Crippen LogP contribution in [0.3, 0.4) is 0 Å². The zero-order chi connectivity index (χ0) is 41.0. The van der Waals surface area contributed by atoms with Gasteiger partial charge in [0.25, 0.3) is 0 Å². The third-order valence-electron chi connectivity index (χ3n) is 10.8. The molecule has 0 amide bonds. The highest BCUT2D eigenvalue weighted by molar-refractivity contribution is 6.16. The third-order valence-corrected chi connectivity index (χ3v) is 10.8. The highest BCUT2D eigenvalue weighted by Crippen LogP contribution is 2.43. The van der Waals surface area contributed by atoms with Crippen LogP contribution in [0.4, 0.5) is 0 Å². The van der Waals surface area contributed by atoms with Crippen molar-refractivity contribution < 1.29 is 0 Å². The Hall–Kier alpha value is -7.63. The molecule has 3 heterocycles. The number of para-hydroxylation sites is 2. The van der Waals surface area contributed by atoms with E-state index in [0.29, 0.717) is 17.6 Å². The fraction of sp³-hybridized carbons (Fsp3) is 0.0727. The van der Waals surface area contributed by atoms with Crippen LogP contribution in [0.15, 0.2) is 200 Å². The van der Waals surface area contributed by atoms with Crippen LogP contribution in [-0.4, -0.2) is 24.1 Å². The van der Waals surface area contributed by atoms with E-state index in [1.165, 1.54) is 10.8 Å². The summed E-state index contributed by atoms with van der Waals surface area (Å²) in [6, 6.07) is 70.5. The van der Waals surface area contributed by atoms with E-state index in [-0.39, 0.29) is 0 Å². The lowest BCUT2D eigenvalue weighted by atomic mass is 9.99. The smallest absolute Gasteiger partial charge is 0.238 e. The van der Waals surface area contributed by atoms with Crippen molar-refractivity contribution in [2.45, 2.75) is 27.7 Å². The average molecular weight is 776 g/mol. The predicted molar refractivity (Wildman–Crippen MR) is 253 cm³/mol. The van der Waals surface area contributed by atoms with Crippen LogP contribution in [0.1, 0.15) is 27.7 Å². The zero-order valence-corrected chi connectivity index (χ0v) is 34.3. The first kappa shape index (κ1) is 37.9. The van der Waals surface area contributed by atoms with E-state index in [1.807, 2.05) is 64.1 Å². The summed E-state index contributed by atoms with van der Waals surface area (Å²) in [5.74, 6) is 1.79. The Morgan fingerprint density at radius 1 is 0.300 bits per heavy atom. The summed E-state index contributed by atoms with van der Waals surface area (Å²) in [6.45, 7) is 8.00. The SMILES string of the molecule is CC.CC.c1ccc(-c2ccc3c(c2)c2cc(-c4ccccc4)cc(-n4c5ccccc5c5ccccc54)c2n3-c2nc(-c3ccccc3)nc(-c3ccccc3)n2)cc1. The van der Waals surface area contributed by atoms with Gasteiger partial charge in [0.1, 0.15) is 0 Å². The van der Waals surface area contributed by atoms with Gasteiger partial charge in [0.05, 0.1) is 27.8 Å². The largest absolute Gasteiger partial charge is 0.307 e. The second-order valence-corrected chi connectivity index (χ2v) is 14.1. The molecule has 0 aliphatic rings. The quantitative estimate of drug-likeness (QED) is 0.169. The Morgan fingerprint density at radius 2 is 0.717 bits per heavy atom. The molecular weight excluding hydrogens is 731 g/mol. The molecule has 8 aromatic carbocycles. The van der Waals surface area contributed by atoms with E-state index < -0.39 is 0 Å². The Bertz CT molecular complexity index is 3110. The van der Waals surface area contributed by atoms with Gasteiger partial charge in [0, 0.05) is 32.7 Å². The molecule has 0 saturated carbocycles. The molecule has 0 unspecified atom stereocenters. The number of nitrogens with zero attached hydrogens (tertiary/aromatic N) is 5. The molecule has 0 saturated heterocycles. The lowest BCUT2D eigenvalue weighted by Crippen LogP contribution is -2.08. The van der Waals surface area contributed by atoms with Crippen molar-refractivity contribution in [3.63, 3.8) is 0 Å². The van der Waals surface area contributed by atoms with E-state index in [2.05, 4.69) is 173 Å². The van der Waals surface area contributed by atoms with Crippen molar-refractivity contribution >= 4 is 43.6 Å². The second-order valence-electron chi connectivity index (χ2n) is 14.1. The highest BCUT2D eigenvalue weighted by Gasteiger charge is 2.24. The number of hydrogen-bond acceptors (Lipinski definition) is 3. The normalized spacial score (nSPS) is 11.0. The summed E-state index contributed by atoms with van der Waals surface area (Å²) in [6.07, 6.45) is 0. The van der Waals surface area contributed by atoms with Crippen LogP contribution in [0.5, 0.6) is 0 Å². The van der Waals surface area contributed by atoms with Crippen LogP contribution >= 0.6 is 0 Å². The Balaban J connectivity index is 0.00000112. The molecule has 3 aromatic heterocycles. The Kier molecular flexibility index (Phi) is 10.5. The van der Waals surface area contributed by atoms with E-state index in [0.717, 1.165) is 71.9 Å². The molecule has 290 valence electrons. The summed E-state index contributed by atoms with van der Waals surface area (Å²) in [5.41, 5.74) is 11.8. The summed E-state index contributed by atoms with van der Waals surface area (Å²) < 4.78 is 4.68. The maximum Gasteiger partial charge on any atom is 0.238 e. The van der Waals surface area contributed by atoms with E-state index in [4.69, 9.17) is 15.0 Å². The van der Waals surface area contributed by atoms with Gasteiger partial charge in [0.2, 0.25) is 5.95 Å². The minimum atomic E-state index is 0.555. The molecule has 0 spiro atoms. The lowest BCUT2D eigenvalue weighted by molar-refractivity contribution is 0.950. The lowest BCUT2D eigenvalue weighted by Gasteiger charge is -2.16. The van der Waals surface area contributed by atoms with E-state index >= 15 is 0 Å². The van der Waals surface area contributed by atoms with Crippen LogP contribution < -0.4 is 0 Å². The van der Waals surface area contributed by atoms with Crippen molar-refractivity contribution in [2.75, 3.05) is 0 Å². The number of benzene rings is 8. The molecule has 5 heteroatoms. The van der Waals surface area contributed by atoms with Gasteiger partial charge in [-0.1, -0.05) is 191 Å². The maximum atomic E-state index is 5.31. The molecule has 0 aliphatic heterocycles. The van der Waals surface area contributed by atoms with Gasteiger partial charge in [-0.25, -0.2) is 4.98 Å². The topological polar surface area (TPSA) is 48.5 Å². The zero-order valence-electron chi connectivity index (χ0n) is 34.3. The van der Waals surface area contributed by atoms with Gasteiger partial charge < -0.3 is 4.57 Å². The van der Waals surface area contributed by atoms with Gasteiger partial charge >= 0.3 is 0 Å². The Morgan fingerprint density at radius 3 is 1.23 bits per heavy atom. The number of hydrogen-bond donors (Lipinski definition) is 0. The van der Waals surface area contributed by atoms with Gasteiger partial charge in [-0.05, 0) is 58.7 Å². The summed E-state index contributed by atoms with van der Waals surface area (Å²) in [5, 5.41) is 4.63. The first-order valence-corrected chi connectivity index (χ1v) is 20.9. The van der Waals surface area contributed by atoms with Crippen molar-refractivity contribution in [3.8, 4) is 56.7 Å². The molecule has 0 fully saturated rings.